The number of carbonyl (C=O) groups is 2. The summed E-state index contributed by atoms with van der Waals surface area (Å²) in [5, 5.41) is 11.2. The molecule has 0 saturated carbocycles. The highest BCUT2D eigenvalue weighted by Crippen LogP contribution is 2.23. The van der Waals surface area contributed by atoms with Crippen LogP contribution in [0.2, 0.25) is 0 Å². The Morgan fingerprint density at radius 2 is 1.71 bits per heavy atom. The molecule has 144 valence electrons. The van der Waals surface area contributed by atoms with Crippen molar-refractivity contribution < 1.29 is 14.3 Å². The second-order valence-corrected chi connectivity index (χ2v) is 6.63. The van der Waals surface area contributed by atoms with Gasteiger partial charge in [0.15, 0.2) is 12.3 Å². The summed E-state index contributed by atoms with van der Waals surface area (Å²) in [6.45, 7) is 5.36. The maximum atomic E-state index is 12.3. The Kier molecular flexibility index (Phi) is 5.84. The lowest BCUT2D eigenvalue weighted by Crippen LogP contribution is -2.22. The van der Waals surface area contributed by atoms with Crippen LogP contribution in [0.4, 0.5) is 5.69 Å². The van der Waals surface area contributed by atoms with E-state index in [0.717, 1.165) is 11.3 Å². The molecule has 0 aliphatic rings. The van der Waals surface area contributed by atoms with Crippen LogP contribution < -0.4 is 5.32 Å². The third kappa shape index (κ3) is 4.43. The molecule has 0 atom stereocenters. The molecule has 1 N–H and O–H groups in total. The maximum Gasteiger partial charge on any atom is 0.361 e. The van der Waals surface area contributed by atoms with E-state index in [2.05, 4.69) is 15.5 Å². The first-order valence-corrected chi connectivity index (χ1v) is 9.01. The zero-order valence-corrected chi connectivity index (χ0v) is 16.0. The van der Waals surface area contributed by atoms with Gasteiger partial charge in [0.2, 0.25) is 0 Å². The van der Waals surface area contributed by atoms with Crippen LogP contribution in [0.3, 0.4) is 0 Å². The third-order valence-electron chi connectivity index (χ3n) is 4.15. The number of para-hydroxylation sites is 2. The number of rotatable bonds is 6. The first kappa shape index (κ1) is 19.3. The molecule has 28 heavy (non-hydrogen) atoms. The molecule has 0 radical (unpaired) electrons. The second-order valence-electron chi connectivity index (χ2n) is 6.63. The van der Waals surface area contributed by atoms with Crippen molar-refractivity contribution in [2.75, 3.05) is 11.9 Å². The number of amides is 1. The first-order chi connectivity index (χ1) is 13.5. The number of anilines is 1. The molecule has 0 aliphatic carbocycles. The fraction of sp³-hybridized carbons (Fsp3) is 0.238. The second kappa shape index (κ2) is 8.47. The van der Waals surface area contributed by atoms with Gasteiger partial charge in [-0.3, -0.25) is 4.79 Å². The highest BCUT2D eigenvalue weighted by atomic mass is 16.5. The lowest BCUT2D eigenvalue weighted by Gasteiger charge is -2.13. The Hall–Kier alpha value is -3.48. The van der Waals surface area contributed by atoms with Crippen LogP contribution in [-0.2, 0) is 9.53 Å². The molecule has 3 aromatic rings. The molecule has 0 unspecified atom stereocenters. The third-order valence-corrected chi connectivity index (χ3v) is 4.15. The number of aromatic nitrogens is 3. The highest BCUT2D eigenvalue weighted by Gasteiger charge is 2.19. The van der Waals surface area contributed by atoms with Gasteiger partial charge in [-0.1, -0.05) is 50.2 Å². The molecule has 1 aromatic heterocycles. The maximum absolute atomic E-state index is 12.3. The number of hydrogen-bond donors (Lipinski definition) is 1. The number of esters is 1. The molecule has 0 bridgehead atoms. The van der Waals surface area contributed by atoms with Crippen molar-refractivity contribution in [3.8, 4) is 5.69 Å². The van der Waals surface area contributed by atoms with Crippen molar-refractivity contribution >= 4 is 17.6 Å². The Morgan fingerprint density at radius 3 is 2.43 bits per heavy atom. The van der Waals surface area contributed by atoms with Crippen LogP contribution in [0.1, 0.15) is 41.5 Å². The highest BCUT2D eigenvalue weighted by molar-refractivity contribution is 5.95. The summed E-state index contributed by atoms with van der Waals surface area (Å²) in [6, 6.07) is 16.8. The molecular formula is C21H22N4O3. The van der Waals surface area contributed by atoms with Crippen LogP contribution >= 0.6 is 0 Å². The average Bonchev–Trinajstić information content (AvgIpc) is 3.09. The summed E-state index contributed by atoms with van der Waals surface area (Å²) < 4.78 is 5.13. The molecule has 1 heterocycles. The van der Waals surface area contributed by atoms with Crippen LogP contribution in [0, 0.1) is 6.92 Å². The van der Waals surface area contributed by atoms with Crippen molar-refractivity contribution in [3.63, 3.8) is 0 Å². The van der Waals surface area contributed by atoms with E-state index < -0.39 is 18.5 Å². The minimum Gasteiger partial charge on any atom is -0.451 e. The van der Waals surface area contributed by atoms with Crippen molar-refractivity contribution in [2.24, 2.45) is 0 Å². The molecule has 7 heteroatoms. The van der Waals surface area contributed by atoms with E-state index >= 15 is 0 Å². The number of ether oxygens (including phenoxy) is 1. The van der Waals surface area contributed by atoms with Gasteiger partial charge >= 0.3 is 5.97 Å². The van der Waals surface area contributed by atoms with Gasteiger partial charge in [-0.05, 0) is 36.6 Å². The lowest BCUT2D eigenvalue weighted by molar-refractivity contribution is -0.119. The molecule has 0 saturated heterocycles. The normalized spacial score (nSPS) is 10.7. The summed E-state index contributed by atoms with van der Waals surface area (Å²) in [4.78, 5) is 25.9. The Labute approximate surface area is 163 Å². The first-order valence-electron chi connectivity index (χ1n) is 9.01. The number of nitrogens with one attached hydrogen (secondary N) is 1. The van der Waals surface area contributed by atoms with Crippen LogP contribution in [0.25, 0.3) is 5.69 Å². The van der Waals surface area contributed by atoms with Gasteiger partial charge in [-0.2, -0.15) is 9.90 Å². The Bertz CT molecular complexity index is 980. The van der Waals surface area contributed by atoms with Gasteiger partial charge in [0, 0.05) is 5.69 Å². The zero-order valence-electron chi connectivity index (χ0n) is 16.0. The fourth-order valence-electron chi connectivity index (χ4n) is 2.74. The van der Waals surface area contributed by atoms with Gasteiger partial charge in [-0.25, -0.2) is 4.79 Å². The fourth-order valence-corrected chi connectivity index (χ4v) is 2.74. The molecular weight excluding hydrogens is 356 g/mol. The van der Waals surface area contributed by atoms with E-state index in [1.54, 1.807) is 6.92 Å². The minimum atomic E-state index is -0.688. The molecule has 1 amide bonds. The standard InChI is InChI=1S/C21H22N4O3/c1-14(2)17-11-7-8-12-18(17)22-19(26)13-28-21(27)20-15(3)23-25(24-20)16-9-5-4-6-10-16/h4-12,14H,13H2,1-3H3,(H,22,26). The lowest BCUT2D eigenvalue weighted by atomic mass is 10.0. The van der Waals surface area contributed by atoms with E-state index in [4.69, 9.17) is 4.74 Å². The van der Waals surface area contributed by atoms with Crippen LogP contribution in [0.5, 0.6) is 0 Å². The van der Waals surface area contributed by atoms with Gasteiger partial charge in [0.05, 0.1) is 11.4 Å². The molecule has 0 fully saturated rings. The average molecular weight is 378 g/mol. The summed E-state index contributed by atoms with van der Waals surface area (Å²) >= 11 is 0. The number of carbonyl (C=O) groups excluding carboxylic acids is 2. The summed E-state index contributed by atoms with van der Waals surface area (Å²) in [6.07, 6.45) is 0. The number of benzene rings is 2. The van der Waals surface area contributed by atoms with Crippen molar-refractivity contribution in [1.29, 1.82) is 0 Å². The largest absolute Gasteiger partial charge is 0.451 e. The van der Waals surface area contributed by atoms with Crippen molar-refractivity contribution in [1.82, 2.24) is 15.0 Å². The van der Waals surface area contributed by atoms with Gasteiger partial charge < -0.3 is 10.1 Å². The summed E-state index contributed by atoms with van der Waals surface area (Å²) in [5.41, 5.74) is 2.97. The molecule has 3 rings (SSSR count). The predicted molar refractivity (Wildman–Crippen MR) is 106 cm³/mol. The Morgan fingerprint density at radius 1 is 1.04 bits per heavy atom. The van der Waals surface area contributed by atoms with Gasteiger partial charge in [0.1, 0.15) is 0 Å². The van der Waals surface area contributed by atoms with E-state index in [1.807, 2.05) is 68.4 Å². The number of aryl methyl sites for hydroxylation is 1. The molecule has 7 nitrogen and oxygen atoms in total. The minimum absolute atomic E-state index is 0.0826. The van der Waals surface area contributed by atoms with E-state index in [1.165, 1.54) is 4.80 Å². The summed E-state index contributed by atoms with van der Waals surface area (Å²) in [7, 11) is 0. The van der Waals surface area contributed by atoms with Crippen molar-refractivity contribution in [3.05, 3.63) is 71.5 Å². The zero-order chi connectivity index (χ0) is 20.1. The van der Waals surface area contributed by atoms with Crippen LogP contribution in [-0.4, -0.2) is 33.5 Å². The van der Waals surface area contributed by atoms with Crippen molar-refractivity contribution in [2.45, 2.75) is 26.7 Å². The van der Waals surface area contributed by atoms with Gasteiger partial charge in [-0.15, -0.1) is 5.10 Å². The summed E-state index contributed by atoms with van der Waals surface area (Å²) in [5.74, 6) is -0.837. The monoisotopic (exact) mass is 378 g/mol. The number of nitrogens with zero attached hydrogens (tertiary/aromatic N) is 3. The van der Waals surface area contributed by atoms with E-state index in [9.17, 15) is 9.59 Å². The molecule has 0 aliphatic heterocycles. The predicted octanol–water partition coefficient (Wildman–Crippen LogP) is 3.49. The Balaban J connectivity index is 1.63. The topological polar surface area (TPSA) is 86.1 Å². The smallest absolute Gasteiger partial charge is 0.361 e. The molecule has 0 spiro atoms. The van der Waals surface area contributed by atoms with E-state index in [0.29, 0.717) is 11.4 Å². The van der Waals surface area contributed by atoms with Gasteiger partial charge in [0.25, 0.3) is 5.91 Å². The van der Waals surface area contributed by atoms with E-state index in [-0.39, 0.29) is 11.6 Å². The van der Waals surface area contributed by atoms with Crippen LogP contribution in [0.15, 0.2) is 54.6 Å². The number of hydrogen-bond acceptors (Lipinski definition) is 5. The quantitative estimate of drug-likeness (QED) is 0.664. The molecule has 2 aromatic carbocycles. The SMILES string of the molecule is Cc1nn(-c2ccccc2)nc1C(=O)OCC(=O)Nc1ccccc1C(C)C.